The first-order valence-corrected chi connectivity index (χ1v) is 6.22. The van der Waals surface area contributed by atoms with Crippen molar-refractivity contribution >= 4 is 0 Å². The van der Waals surface area contributed by atoms with Gasteiger partial charge in [0.15, 0.2) is 0 Å². The summed E-state index contributed by atoms with van der Waals surface area (Å²) >= 11 is 0. The normalized spacial score (nSPS) is 34.2. The number of aliphatic hydroxyl groups is 1. The maximum Gasteiger partial charge on any atom is 0.0573 e. The fourth-order valence-electron chi connectivity index (χ4n) is 3.40. The summed E-state index contributed by atoms with van der Waals surface area (Å²) in [6.45, 7) is 4.46. The molecule has 1 N–H and O–H groups in total. The van der Waals surface area contributed by atoms with E-state index in [0.717, 1.165) is 32.4 Å². The highest BCUT2D eigenvalue weighted by Crippen LogP contribution is 2.41. The van der Waals surface area contributed by atoms with Crippen LogP contribution < -0.4 is 0 Å². The highest BCUT2D eigenvalue weighted by atomic mass is 16.3. The second kappa shape index (κ2) is 3.57. The van der Waals surface area contributed by atoms with Gasteiger partial charge in [-0.3, -0.25) is 4.90 Å². The molecule has 2 unspecified atom stereocenters. The molecule has 2 atom stereocenters. The van der Waals surface area contributed by atoms with Crippen LogP contribution in [0.3, 0.4) is 0 Å². The lowest BCUT2D eigenvalue weighted by Crippen LogP contribution is -2.54. The summed E-state index contributed by atoms with van der Waals surface area (Å²) in [6, 6.07) is 8.71. The standard InChI is InChI=1S/C14H19NO/c1-14-10-12(16)7-9-15(14)8-6-11-4-2-3-5-13(11)14/h2-5,12,16H,6-10H2,1H3. The van der Waals surface area contributed by atoms with Crippen molar-refractivity contribution in [3.63, 3.8) is 0 Å². The van der Waals surface area contributed by atoms with Gasteiger partial charge >= 0.3 is 0 Å². The van der Waals surface area contributed by atoms with Gasteiger partial charge in [0.2, 0.25) is 0 Å². The van der Waals surface area contributed by atoms with Crippen molar-refractivity contribution in [3.05, 3.63) is 35.4 Å². The molecule has 2 aliphatic rings. The molecule has 0 aromatic heterocycles. The van der Waals surface area contributed by atoms with E-state index < -0.39 is 0 Å². The predicted octanol–water partition coefficient (Wildman–Crippen LogP) is 1.91. The van der Waals surface area contributed by atoms with Gasteiger partial charge in [-0.05, 0) is 37.3 Å². The Balaban J connectivity index is 2.07. The average Bonchev–Trinajstić information content (AvgIpc) is 2.28. The van der Waals surface area contributed by atoms with Crippen molar-refractivity contribution in [1.29, 1.82) is 0 Å². The molecule has 0 radical (unpaired) electrons. The third kappa shape index (κ3) is 1.40. The van der Waals surface area contributed by atoms with E-state index in [0.29, 0.717) is 0 Å². The third-order valence-corrected chi connectivity index (χ3v) is 4.31. The highest BCUT2D eigenvalue weighted by molar-refractivity contribution is 5.36. The van der Waals surface area contributed by atoms with Gasteiger partial charge < -0.3 is 5.11 Å². The van der Waals surface area contributed by atoms with Crippen molar-refractivity contribution in [1.82, 2.24) is 4.90 Å². The van der Waals surface area contributed by atoms with Crippen LogP contribution in [-0.4, -0.2) is 29.2 Å². The minimum atomic E-state index is -0.132. The van der Waals surface area contributed by atoms with Gasteiger partial charge in [0.1, 0.15) is 0 Å². The SMILES string of the molecule is CC12CC(O)CCN1CCc1ccccc12. The van der Waals surface area contributed by atoms with E-state index in [4.69, 9.17) is 0 Å². The molecule has 16 heavy (non-hydrogen) atoms. The number of piperidine rings is 1. The van der Waals surface area contributed by atoms with E-state index in [1.807, 2.05) is 0 Å². The lowest BCUT2D eigenvalue weighted by Gasteiger charge is -2.50. The Morgan fingerprint density at radius 3 is 3.00 bits per heavy atom. The van der Waals surface area contributed by atoms with Crippen molar-refractivity contribution < 1.29 is 5.11 Å². The van der Waals surface area contributed by atoms with Crippen LogP contribution in [0, 0.1) is 0 Å². The molecule has 0 aliphatic carbocycles. The van der Waals surface area contributed by atoms with Crippen molar-refractivity contribution in [2.45, 2.75) is 37.8 Å². The van der Waals surface area contributed by atoms with Crippen LogP contribution >= 0.6 is 0 Å². The van der Waals surface area contributed by atoms with Gasteiger partial charge in [0.25, 0.3) is 0 Å². The molecule has 1 fully saturated rings. The molecule has 86 valence electrons. The Labute approximate surface area is 96.9 Å². The van der Waals surface area contributed by atoms with Crippen LogP contribution in [0.5, 0.6) is 0 Å². The van der Waals surface area contributed by atoms with Crippen molar-refractivity contribution in [3.8, 4) is 0 Å². The van der Waals surface area contributed by atoms with Gasteiger partial charge in [-0.2, -0.15) is 0 Å². The summed E-state index contributed by atoms with van der Waals surface area (Å²) in [5, 5.41) is 9.91. The Kier molecular flexibility index (Phi) is 2.30. The van der Waals surface area contributed by atoms with E-state index in [1.165, 1.54) is 11.1 Å². The first-order chi connectivity index (χ1) is 7.70. The smallest absolute Gasteiger partial charge is 0.0573 e. The quantitative estimate of drug-likeness (QED) is 0.717. The topological polar surface area (TPSA) is 23.5 Å². The van der Waals surface area contributed by atoms with Crippen LogP contribution in [-0.2, 0) is 12.0 Å². The van der Waals surface area contributed by atoms with Gasteiger partial charge in [0.05, 0.1) is 6.10 Å². The molecule has 0 saturated carbocycles. The average molecular weight is 217 g/mol. The van der Waals surface area contributed by atoms with E-state index in [-0.39, 0.29) is 11.6 Å². The maximum atomic E-state index is 9.91. The number of aliphatic hydroxyl groups excluding tert-OH is 1. The van der Waals surface area contributed by atoms with Crippen LogP contribution in [0.15, 0.2) is 24.3 Å². The van der Waals surface area contributed by atoms with Crippen LogP contribution in [0.25, 0.3) is 0 Å². The molecule has 0 amide bonds. The first-order valence-electron chi connectivity index (χ1n) is 6.22. The lowest BCUT2D eigenvalue weighted by molar-refractivity contribution is -0.0212. The zero-order chi connectivity index (χ0) is 11.2. The van der Waals surface area contributed by atoms with Crippen molar-refractivity contribution in [2.24, 2.45) is 0 Å². The van der Waals surface area contributed by atoms with Crippen LogP contribution in [0.4, 0.5) is 0 Å². The Morgan fingerprint density at radius 2 is 2.12 bits per heavy atom. The van der Waals surface area contributed by atoms with Gasteiger partial charge in [-0.25, -0.2) is 0 Å². The molecule has 1 aromatic rings. The molecule has 0 spiro atoms. The minimum Gasteiger partial charge on any atom is -0.393 e. The largest absolute Gasteiger partial charge is 0.393 e. The summed E-state index contributed by atoms with van der Waals surface area (Å²) in [4.78, 5) is 2.54. The van der Waals surface area contributed by atoms with E-state index >= 15 is 0 Å². The van der Waals surface area contributed by atoms with Gasteiger partial charge in [-0.1, -0.05) is 24.3 Å². The van der Waals surface area contributed by atoms with E-state index in [1.54, 1.807) is 0 Å². The number of nitrogens with zero attached hydrogens (tertiary/aromatic N) is 1. The fraction of sp³-hybridized carbons (Fsp3) is 0.571. The lowest BCUT2D eigenvalue weighted by atomic mass is 9.75. The molecule has 0 bridgehead atoms. The molecule has 2 aliphatic heterocycles. The molecule has 3 rings (SSSR count). The Bertz CT molecular complexity index is 403. The third-order valence-electron chi connectivity index (χ3n) is 4.31. The summed E-state index contributed by atoms with van der Waals surface area (Å²) < 4.78 is 0. The molecule has 1 saturated heterocycles. The van der Waals surface area contributed by atoms with E-state index in [9.17, 15) is 5.11 Å². The molecule has 2 heteroatoms. The van der Waals surface area contributed by atoms with Crippen LogP contribution in [0.2, 0.25) is 0 Å². The summed E-state index contributed by atoms with van der Waals surface area (Å²) in [7, 11) is 0. The minimum absolute atomic E-state index is 0.0620. The highest BCUT2D eigenvalue weighted by Gasteiger charge is 2.42. The van der Waals surface area contributed by atoms with Crippen molar-refractivity contribution in [2.75, 3.05) is 13.1 Å². The molecule has 2 heterocycles. The number of rotatable bonds is 0. The fourth-order valence-corrected chi connectivity index (χ4v) is 3.40. The second-order valence-electron chi connectivity index (χ2n) is 5.31. The summed E-state index contributed by atoms with van der Waals surface area (Å²) in [5.74, 6) is 0. The number of fused-ring (bicyclic) bond motifs is 3. The number of hydrogen-bond acceptors (Lipinski definition) is 2. The molecular weight excluding hydrogens is 198 g/mol. The monoisotopic (exact) mass is 217 g/mol. The number of hydrogen-bond donors (Lipinski definition) is 1. The molecular formula is C14H19NO. The number of benzene rings is 1. The summed E-state index contributed by atoms with van der Waals surface area (Å²) in [6.07, 6.45) is 2.83. The van der Waals surface area contributed by atoms with Gasteiger partial charge in [-0.15, -0.1) is 0 Å². The predicted molar refractivity (Wildman–Crippen MR) is 64.3 cm³/mol. The maximum absolute atomic E-state index is 9.91. The molecule has 2 nitrogen and oxygen atoms in total. The second-order valence-corrected chi connectivity index (χ2v) is 5.31. The van der Waals surface area contributed by atoms with Gasteiger partial charge in [0, 0.05) is 18.6 Å². The van der Waals surface area contributed by atoms with E-state index in [2.05, 4.69) is 36.1 Å². The first kappa shape index (κ1) is 10.3. The Hall–Kier alpha value is -0.860. The zero-order valence-corrected chi connectivity index (χ0v) is 9.82. The van der Waals surface area contributed by atoms with Crippen LogP contribution in [0.1, 0.15) is 30.9 Å². The Morgan fingerprint density at radius 1 is 1.31 bits per heavy atom. The molecule has 1 aromatic carbocycles. The zero-order valence-electron chi connectivity index (χ0n) is 9.82. The summed E-state index contributed by atoms with van der Waals surface area (Å²) in [5.41, 5.74) is 2.96.